The van der Waals surface area contributed by atoms with Crippen molar-refractivity contribution < 1.29 is 4.42 Å². The fourth-order valence-electron chi connectivity index (χ4n) is 6.78. The lowest BCUT2D eigenvalue weighted by Gasteiger charge is -2.19. The van der Waals surface area contributed by atoms with Gasteiger partial charge in [0.05, 0.1) is 21.7 Å². The molecule has 0 aliphatic carbocycles. The zero-order valence-corrected chi connectivity index (χ0v) is 22.7. The molecule has 0 amide bonds. The molecule has 9 aromatic rings. The molecule has 41 heavy (non-hydrogen) atoms. The van der Waals surface area contributed by atoms with Gasteiger partial charge in [-0.05, 0) is 41.1 Å². The Hall–Kier alpha value is -5.05. The van der Waals surface area contributed by atoms with E-state index >= 15 is 0 Å². The van der Waals surface area contributed by atoms with Gasteiger partial charge in [0.1, 0.15) is 11.2 Å². The first-order valence-corrected chi connectivity index (χ1v) is 14.2. The number of para-hydroxylation sites is 3. The number of benzene rings is 7. The van der Waals surface area contributed by atoms with Gasteiger partial charge in [0.2, 0.25) is 0 Å². The molecule has 0 spiro atoms. The predicted octanol–water partition coefficient (Wildman–Crippen LogP) is 11.3. The van der Waals surface area contributed by atoms with E-state index in [1.807, 2.05) is 24.3 Å². The third-order valence-electron chi connectivity index (χ3n) is 8.45. The molecule has 0 aliphatic heterocycles. The lowest BCUT2D eigenvalue weighted by atomic mass is 9.89. The molecule has 0 saturated heterocycles. The second-order valence-electron chi connectivity index (χ2n) is 10.6. The first-order valence-electron chi connectivity index (χ1n) is 13.8. The van der Waals surface area contributed by atoms with Crippen LogP contribution in [0.2, 0.25) is 5.02 Å². The largest absolute Gasteiger partial charge is 0.455 e. The molecule has 9 rings (SSSR count). The van der Waals surface area contributed by atoms with Crippen LogP contribution in [0, 0.1) is 0 Å². The Bertz CT molecular complexity index is 2390. The van der Waals surface area contributed by atoms with Gasteiger partial charge in [-0.1, -0.05) is 115 Å². The molecule has 0 N–H and O–H groups in total. The molecule has 2 heterocycles. The highest BCUT2D eigenvalue weighted by Crippen LogP contribution is 2.47. The van der Waals surface area contributed by atoms with Crippen LogP contribution in [0.5, 0.6) is 0 Å². The van der Waals surface area contributed by atoms with Crippen LogP contribution in [-0.2, 0) is 0 Å². The van der Waals surface area contributed by atoms with E-state index in [2.05, 4.69) is 114 Å². The molecule has 0 unspecified atom stereocenters. The monoisotopic (exact) mass is 543 g/mol. The van der Waals surface area contributed by atoms with E-state index < -0.39 is 0 Å². The van der Waals surface area contributed by atoms with Gasteiger partial charge in [-0.2, -0.15) is 0 Å². The SMILES string of the molecule is Clc1ccc(-c2c3ccccc3c(-n3c4ccccc4c4ccccc43)c3ccccc23)c2oc3ccccc3c12. The zero-order chi connectivity index (χ0) is 27.1. The number of fused-ring (bicyclic) bond motifs is 8. The quantitative estimate of drug-likeness (QED) is 0.198. The highest BCUT2D eigenvalue weighted by atomic mass is 35.5. The molecule has 0 bridgehead atoms. The Kier molecular flexibility index (Phi) is 4.70. The van der Waals surface area contributed by atoms with Crippen LogP contribution in [0.4, 0.5) is 0 Å². The minimum absolute atomic E-state index is 0.698. The third-order valence-corrected chi connectivity index (χ3v) is 8.77. The van der Waals surface area contributed by atoms with E-state index in [4.69, 9.17) is 16.0 Å². The van der Waals surface area contributed by atoms with Gasteiger partial charge in [-0.15, -0.1) is 0 Å². The van der Waals surface area contributed by atoms with Gasteiger partial charge < -0.3 is 8.98 Å². The predicted molar refractivity (Wildman–Crippen MR) is 174 cm³/mol. The highest BCUT2D eigenvalue weighted by Gasteiger charge is 2.23. The topological polar surface area (TPSA) is 18.1 Å². The lowest BCUT2D eigenvalue weighted by molar-refractivity contribution is 0.670. The van der Waals surface area contributed by atoms with Gasteiger partial charge in [-0.25, -0.2) is 0 Å². The zero-order valence-electron chi connectivity index (χ0n) is 21.9. The molecule has 7 aromatic carbocycles. The fraction of sp³-hybridized carbons (Fsp3) is 0. The molecule has 3 heteroatoms. The summed E-state index contributed by atoms with van der Waals surface area (Å²) in [5.41, 5.74) is 7.44. The second-order valence-corrected chi connectivity index (χ2v) is 11.0. The summed E-state index contributed by atoms with van der Waals surface area (Å²) in [4.78, 5) is 0. The smallest absolute Gasteiger partial charge is 0.144 e. The Morgan fingerprint density at radius 1 is 0.463 bits per heavy atom. The molecule has 0 radical (unpaired) electrons. The number of halogens is 1. The third kappa shape index (κ3) is 3.08. The average Bonchev–Trinajstić information content (AvgIpc) is 3.58. The Morgan fingerprint density at radius 3 is 1.56 bits per heavy atom. The van der Waals surface area contributed by atoms with E-state index in [9.17, 15) is 0 Å². The molecular weight excluding hydrogens is 522 g/mol. The maximum atomic E-state index is 6.81. The van der Waals surface area contributed by atoms with Crippen LogP contribution < -0.4 is 0 Å². The standard InChI is InChI=1S/C38H22ClNO/c39-31-22-21-30(38-36(31)29-17-7-10-20-34(29)41-38)35-25-13-1-3-15-27(25)37(28-16-4-2-14-26(28)35)40-32-18-8-5-11-23(32)24-12-6-9-19-33(24)40/h1-22H. The number of rotatable bonds is 2. The van der Waals surface area contributed by atoms with Crippen molar-refractivity contribution in [3.63, 3.8) is 0 Å². The van der Waals surface area contributed by atoms with Gasteiger partial charge in [0.15, 0.2) is 0 Å². The maximum Gasteiger partial charge on any atom is 0.144 e. The highest BCUT2D eigenvalue weighted by molar-refractivity contribution is 6.38. The normalized spacial score (nSPS) is 12.0. The van der Waals surface area contributed by atoms with Crippen LogP contribution in [0.3, 0.4) is 0 Å². The van der Waals surface area contributed by atoms with E-state index in [1.165, 1.54) is 49.0 Å². The van der Waals surface area contributed by atoms with Crippen molar-refractivity contribution >= 4 is 76.9 Å². The molecule has 0 fully saturated rings. The Labute approximate surface area is 240 Å². The Morgan fingerprint density at radius 2 is 0.951 bits per heavy atom. The van der Waals surface area contributed by atoms with E-state index in [0.717, 1.165) is 33.1 Å². The second kappa shape index (κ2) is 8.47. The molecule has 0 saturated carbocycles. The lowest BCUT2D eigenvalue weighted by Crippen LogP contribution is -1.99. The summed E-state index contributed by atoms with van der Waals surface area (Å²) >= 11 is 6.81. The summed E-state index contributed by atoms with van der Waals surface area (Å²) in [6.45, 7) is 0. The molecule has 192 valence electrons. The summed E-state index contributed by atoms with van der Waals surface area (Å²) < 4.78 is 8.99. The summed E-state index contributed by atoms with van der Waals surface area (Å²) in [6, 6.07) is 47.1. The van der Waals surface area contributed by atoms with Crippen LogP contribution in [0.15, 0.2) is 138 Å². The number of furan rings is 1. The minimum Gasteiger partial charge on any atom is -0.455 e. The summed E-state index contributed by atoms with van der Waals surface area (Å²) in [5, 5.41) is 9.91. The van der Waals surface area contributed by atoms with E-state index in [1.54, 1.807) is 0 Å². The van der Waals surface area contributed by atoms with Crippen LogP contribution in [0.25, 0.3) is 82.1 Å². The first-order chi connectivity index (χ1) is 20.3. The van der Waals surface area contributed by atoms with Gasteiger partial charge >= 0.3 is 0 Å². The van der Waals surface area contributed by atoms with Crippen molar-refractivity contribution in [2.75, 3.05) is 0 Å². The summed E-state index contributed by atoms with van der Waals surface area (Å²) in [6.07, 6.45) is 0. The van der Waals surface area contributed by atoms with Gasteiger partial charge in [0.25, 0.3) is 0 Å². The molecular formula is C38H22ClNO. The molecule has 0 aliphatic rings. The van der Waals surface area contributed by atoms with Crippen LogP contribution >= 0.6 is 11.6 Å². The van der Waals surface area contributed by atoms with E-state index in [-0.39, 0.29) is 0 Å². The first kappa shape index (κ1) is 22.7. The number of nitrogens with zero attached hydrogens (tertiary/aromatic N) is 1. The van der Waals surface area contributed by atoms with Gasteiger partial charge in [0, 0.05) is 43.4 Å². The van der Waals surface area contributed by atoms with Crippen LogP contribution in [-0.4, -0.2) is 4.57 Å². The van der Waals surface area contributed by atoms with Gasteiger partial charge in [-0.3, -0.25) is 0 Å². The Balaban J connectivity index is 1.50. The van der Waals surface area contributed by atoms with Crippen LogP contribution in [0.1, 0.15) is 0 Å². The molecule has 2 aromatic heterocycles. The summed E-state index contributed by atoms with van der Waals surface area (Å²) in [7, 11) is 0. The average molecular weight is 544 g/mol. The van der Waals surface area contributed by atoms with Crippen molar-refractivity contribution in [1.29, 1.82) is 0 Å². The maximum absolute atomic E-state index is 6.81. The van der Waals surface area contributed by atoms with Crippen molar-refractivity contribution in [1.82, 2.24) is 4.57 Å². The molecule has 2 nitrogen and oxygen atoms in total. The minimum atomic E-state index is 0.698. The number of hydrogen-bond donors (Lipinski definition) is 0. The van der Waals surface area contributed by atoms with Crippen molar-refractivity contribution in [2.45, 2.75) is 0 Å². The van der Waals surface area contributed by atoms with Crippen molar-refractivity contribution in [2.24, 2.45) is 0 Å². The van der Waals surface area contributed by atoms with Crippen molar-refractivity contribution in [3.05, 3.63) is 138 Å². The van der Waals surface area contributed by atoms with E-state index in [0.29, 0.717) is 5.02 Å². The summed E-state index contributed by atoms with van der Waals surface area (Å²) in [5.74, 6) is 0. The van der Waals surface area contributed by atoms with Crippen molar-refractivity contribution in [3.8, 4) is 16.8 Å². The number of aromatic nitrogens is 1. The fourth-order valence-corrected chi connectivity index (χ4v) is 7.04. The molecule has 0 atom stereocenters. The number of hydrogen-bond acceptors (Lipinski definition) is 1.